The average molecular weight is 496 g/mol. The first-order valence-electron chi connectivity index (χ1n) is 9.01. The maximum absolute atomic E-state index is 13.4. The van der Waals surface area contributed by atoms with Gasteiger partial charge in [-0.05, 0) is 48.0 Å². The summed E-state index contributed by atoms with van der Waals surface area (Å²) in [4.78, 5) is 14.4. The van der Waals surface area contributed by atoms with Gasteiger partial charge in [0.15, 0.2) is 5.82 Å². The summed E-state index contributed by atoms with van der Waals surface area (Å²) in [6.07, 6.45) is -4.27. The molecule has 0 unspecified atom stereocenters. The van der Waals surface area contributed by atoms with E-state index < -0.39 is 38.6 Å². The minimum Gasteiger partial charge on any atom is -0.478 e. The Balaban J connectivity index is 2.12. The van der Waals surface area contributed by atoms with Crippen LogP contribution in [-0.4, -0.2) is 24.5 Å². The molecule has 170 valence electrons. The van der Waals surface area contributed by atoms with Gasteiger partial charge in [0.2, 0.25) is 0 Å². The van der Waals surface area contributed by atoms with Crippen LogP contribution in [0.5, 0.6) is 0 Å². The normalized spacial score (nSPS) is 11.6. The average Bonchev–Trinajstić information content (AvgIpc) is 2.77. The third-order valence-corrected chi connectivity index (χ3v) is 6.51. The Morgan fingerprint density at radius 2 is 1.73 bits per heavy atom. The first-order chi connectivity index (χ1) is 15.4. The number of halogens is 4. The van der Waals surface area contributed by atoms with Gasteiger partial charge in [0.25, 0.3) is 10.0 Å². The van der Waals surface area contributed by atoms with Crippen molar-refractivity contribution < 1.29 is 31.5 Å². The van der Waals surface area contributed by atoms with Crippen LogP contribution in [0, 0.1) is 11.3 Å². The highest BCUT2D eigenvalue weighted by atomic mass is 35.5. The molecular weight excluding hydrogens is 483 g/mol. The fourth-order valence-electron chi connectivity index (χ4n) is 2.79. The molecule has 1 heterocycles. The number of carbonyl (C=O) groups is 1. The van der Waals surface area contributed by atoms with Crippen LogP contribution in [-0.2, 0) is 22.7 Å². The smallest absolute Gasteiger partial charge is 0.417 e. The molecule has 0 bridgehead atoms. The largest absolute Gasteiger partial charge is 0.478 e. The molecule has 0 saturated heterocycles. The number of pyridine rings is 1. The molecule has 0 spiro atoms. The molecule has 1 aromatic heterocycles. The molecule has 2 aromatic carbocycles. The summed E-state index contributed by atoms with van der Waals surface area (Å²) in [5, 5.41) is 17.4. The van der Waals surface area contributed by atoms with E-state index in [9.17, 15) is 26.4 Å². The Labute approximate surface area is 191 Å². The van der Waals surface area contributed by atoms with Crippen LogP contribution < -0.4 is 4.31 Å². The lowest BCUT2D eigenvalue weighted by Crippen LogP contribution is -2.32. The van der Waals surface area contributed by atoms with E-state index in [2.05, 4.69) is 4.98 Å². The molecule has 1 N–H and O–H groups in total. The number of aromatic nitrogens is 1. The molecule has 7 nitrogen and oxygen atoms in total. The highest BCUT2D eigenvalue weighted by Gasteiger charge is 2.34. The number of nitrogens with zero attached hydrogens (tertiary/aromatic N) is 3. The number of carboxylic acid groups (broad SMARTS) is 1. The third kappa shape index (κ3) is 5.24. The minimum atomic E-state index is -4.74. The summed E-state index contributed by atoms with van der Waals surface area (Å²) in [5.41, 5.74) is -0.586. The molecule has 33 heavy (non-hydrogen) atoms. The van der Waals surface area contributed by atoms with Crippen molar-refractivity contribution in [2.24, 2.45) is 0 Å². The van der Waals surface area contributed by atoms with E-state index >= 15 is 0 Å². The molecule has 0 aliphatic rings. The maximum Gasteiger partial charge on any atom is 0.417 e. The van der Waals surface area contributed by atoms with Gasteiger partial charge in [-0.3, -0.25) is 0 Å². The van der Waals surface area contributed by atoms with Crippen molar-refractivity contribution in [3.63, 3.8) is 0 Å². The number of hydrogen-bond acceptors (Lipinski definition) is 5. The van der Waals surface area contributed by atoms with Crippen LogP contribution >= 0.6 is 11.6 Å². The van der Waals surface area contributed by atoms with E-state index in [1.165, 1.54) is 24.3 Å². The molecule has 3 aromatic rings. The van der Waals surface area contributed by atoms with E-state index in [-0.39, 0.29) is 17.0 Å². The van der Waals surface area contributed by atoms with Crippen LogP contribution in [0.15, 0.2) is 65.7 Å². The number of rotatable bonds is 6. The third-order valence-electron chi connectivity index (χ3n) is 4.48. The minimum absolute atomic E-state index is 0.154. The van der Waals surface area contributed by atoms with Gasteiger partial charge in [-0.15, -0.1) is 0 Å². The van der Waals surface area contributed by atoms with E-state index in [1.807, 2.05) is 6.07 Å². The molecule has 0 saturated carbocycles. The van der Waals surface area contributed by atoms with E-state index in [1.54, 1.807) is 0 Å². The van der Waals surface area contributed by atoms with Crippen molar-refractivity contribution in [1.82, 2.24) is 4.98 Å². The zero-order valence-corrected chi connectivity index (χ0v) is 18.0. The number of sulfonamides is 1. The number of benzene rings is 2. The summed E-state index contributed by atoms with van der Waals surface area (Å²) in [7, 11) is -4.43. The Morgan fingerprint density at radius 1 is 1.12 bits per heavy atom. The quantitative estimate of drug-likeness (QED) is 0.529. The number of alkyl halides is 3. The second kappa shape index (κ2) is 9.09. The summed E-state index contributed by atoms with van der Waals surface area (Å²) in [6.45, 7) is -0.368. The Kier molecular flexibility index (Phi) is 6.62. The van der Waals surface area contributed by atoms with Crippen molar-refractivity contribution in [2.75, 3.05) is 4.31 Å². The van der Waals surface area contributed by atoms with Gasteiger partial charge in [0.1, 0.15) is 0 Å². The van der Waals surface area contributed by atoms with E-state index in [0.717, 1.165) is 24.3 Å². The van der Waals surface area contributed by atoms with Crippen LogP contribution in [0.25, 0.3) is 0 Å². The van der Waals surface area contributed by atoms with Crippen LogP contribution in [0.2, 0.25) is 5.02 Å². The SMILES string of the molecule is N#Cc1ccc(CN(c2ncc(C(F)(F)F)cc2Cl)S(=O)(=O)c2ccc(C(=O)O)cc2)cc1. The summed E-state index contributed by atoms with van der Waals surface area (Å²) in [6, 6.07) is 12.6. The topological polar surface area (TPSA) is 111 Å². The molecule has 0 aliphatic heterocycles. The number of carboxylic acids is 1. The van der Waals surface area contributed by atoms with Gasteiger partial charge in [0.05, 0.1) is 39.2 Å². The summed E-state index contributed by atoms with van der Waals surface area (Å²) in [5.74, 6) is -1.71. The van der Waals surface area contributed by atoms with Crippen LogP contribution in [0.4, 0.5) is 19.0 Å². The van der Waals surface area contributed by atoms with Crippen LogP contribution in [0.3, 0.4) is 0 Å². The van der Waals surface area contributed by atoms with Gasteiger partial charge in [0, 0.05) is 6.20 Å². The van der Waals surface area contributed by atoms with E-state index in [0.29, 0.717) is 27.7 Å². The fraction of sp³-hybridized carbons (Fsp3) is 0.0952. The Hall–Kier alpha value is -3.62. The lowest BCUT2D eigenvalue weighted by molar-refractivity contribution is -0.137. The molecule has 0 atom stereocenters. The standard InChI is InChI=1S/C21H13ClF3N3O4S/c22-18-9-16(21(23,24)25)11-27-19(18)28(12-14-3-1-13(10-26)2-4-14)33(31,32)17-7-5-15(6-8-17)20(29)30/h1-9,11H,12H2,(H,29,30). The monoisotopic (exact) mass is 495 g/mol. The predicted octanol–water partition coefficient (Wildman–Crippen LogP) is 4.72. The lowest BCUT2D eigenvalue weighted by Gasteiger charge is -2.25. The van der Waals surface area contributed by atoms with E-state index in [4.69, 9.17) is 22.0 Å². The second-order valence-corrected chi connectivity index (χ2v) is 8.95. The van der Waals surface area contributed by atoms with Crippen molar-refractivity contribution in [3.8, 4) is 6.07 Å². The molecule has 3 rings (SSSR count). The molecule has 0 amide bonds. The van der Waals surface area contributed by atoms with Crippen molar-refractivity contribution >= 4 is 33.4 Å². The zero-order valence-electron chi connectivity index (χ0n) is 16.4. The zero-order chi connectivity index (χ0) is 24.4. The second-order valence-electron chi connectivity index (χ2n) is 6.68. The van der Waals surface area contributed by atoms with Crippen molar-refractivity contribution in [1.29, 1.82) is 5.26 Å². The van der Waals surface area contributed by atoms with Crippen molar-refractivity contribution in [3.05, 3.63) is 88.1 Å². The number of nitriles is 1. The summed E-state index contributed by atoms with van der Waals surface area (Å²) < 4.78 is 66.5. The molecule has 12 heteroatoms. The highest BCUT2D eigenvalue weighted by molar-refractivity contribution is 7.92. The van der Waals surface area contributed by atoms with Gasteiger partial charge >= 0.3 is 12.1 Å². The fourth-order valence-corrected chi connectivity index (χ4v) is 4.54. The number of hydrogen-bond donors (Lipinski definition) is 1. The Bertz CT molecular complexity index is 1340. The Morgan fingerprint density at radius 3 is 2.21 bits per heavy atom. The molecular formula is C21H13ClF3N3O4S. The first kappa shape index (κ1) is 24.0. The molecule has 0 aliphatic carbocycles. The first-order valence-corrected chi connectivity index (χ1v) is 10.8. The molecule has 0 radical (unpaired) electrons. The number of anilines is 1. The maximum atomic E-state index is 13.4. The van der Waals surface area contributed by atoms with Crippen LogP contribution in [0.1, 0.15) is 27.0 Å². The number of aromatic carboxylic acids is 1. The van der Waals surface area contributed by atoms with Gasteiger partial charge < -0.3 is 5.11 Å². The van der Waals surface area contributed by atoms with Gasteiger partial charge in [-0.1, -0.05) is 23.7 Å². The predicted molar refractivity (Wildman–Crippen MR) is 112 cm³/mol. The van der Waals surface area contributed by atoms with Gasteiger partial charge in [-0.2, -0.15) is 18.4 Å². The van der Waals surface area contributed by atoms with Gasteiger partial charge in [-0.25, -0.2) is 22.5 Å². The lowest BCUT2D eigenvalue weighted by atomic mass is 10.1. The van der Waals surface area contributed by atoms with Crippen molar-refractivity contribution in [2.45, 2.75) is 17.6 Å². The highest BCUT2D eigenvalue weighted by Crippen LogP contribution is 2.36. The summed E-state index contributed by atoms with van der Waals surface area (Å²) >= 11 is 6.02. The molecule has 0 fully saturated rings.